The average molecular weight is 451 g/mol. The predicted octanol–water partition coefficient (Wildman–Crippen LogP) is 3.43. The molecule has 3 aromatic rings. The molecule has 0 fully saturated rings. The summed E-state index contributed by atoms with van der Waals surface area (Å²) in [6.45, 7) is 3.67. The Morgan fingerprint density at radius 2 is 1.81 bits per heavy atom. The largest absolute Gasteiger partial charge is 0.397 e. The number of thiophene rings is 1. The van der Waals surface area contributed by atoms with Gasteiger partial charge in [-0.15, -0.1) is 11.3 Å². The van der Waals surface area contributed by atoms with Gasteiger partial charge in [-0.05, 0) is 53.8 Å². The second-order valence-corrected chi connectivity index (χ2v) is 8.23. The van der Waals surface area contributed by atoms with Crippen LogP contribution in [0.1, 0.15) is 29.8 Å². The zero-order valence-corrected chi connectivity index (χ0v) is 18.8. The van der Waals surface area contributed by atoms with E-state index in [1.807, 2.05) is 36.6 Å². The van der Waals surface area contributed by atoms with E-state index in [1.54, 1.807) is 41.7 Å². The molecular weight excluding hydrogens is 424 g/mol. The van der Waals surface area contributed by atoms with Crippen LogP contribution in [0.5, 0.6) is 0 Å². The Morgan fingerprint density at radius 3 is 2.44 bits per heavy atom. The van der Waals surface area contributed by atoms with E-state index in [2.05, 4.69) is 16.0 Å². The maximum absolute atomic E-state index is 12.8. The van der Waals surface area contributed by atoms with Crippen LogP contribution in [0.25, 0.3) is 10.4 Å². The Balaban J connectivity index is 1.70. The Kier molecular flexibility index (Phi) is 7.62. The Labute approximate surface area is 191 Å². The summed E-state index contributed by atoms with van der Waals surface area (Å²) >= 11 is 1.61. The molecule has 0 radical (unpaired) electrons. The van der Waals surface area contributed by atoms with Crippen molar-refractivity contribution in [2.75, 3.05) is 17.6 Å². The molecule has 1 heterocycles. The highest BCUT2D eigenvalue weighted by Crippen LogP contribution is 2.30. The average Bonchev–Trinajstić information content (AvgIpc) is 3.30. The van der Waals surface area contributed by atoms with Crippen molar-refractivity contribution in [2.45, 2.75) is 26.3 Å². The molecule has 1 atom stereocenters. The summed E-state index contributed by atoms with van der Waals surface area (Å²) in [5.41, 5.74) is 9.35. The van der Waals surface area contributed by atoms with E-state index in [0.717, 1.165) is 16.0 Å². The molecule has 3 rings (SSSR count). The van der Waals surface area contributed by atoms with Crippen LogP contribution in [0.4, 0.5) is 11.4 Å². The molecule has 0 aliphatic heterocycles. The van der Waals surface area contributed by atoms with Gasteiger partial charge in [0.15, 0.2) is 0 Å². The molecule has 3 amide bonds. The van der Waals surface area contributed by atoms with Crippen LogP contribution in [-0.4, -0.2) is 30.3 Å². The summed E-state index contributed by atoms with van der Waals surface area (Å²) in [7, 11) is 0. The van der Waals surface area contributed by atoms with Crippen LogP contribution in [0, 0.1) is 0 Å². The van der Waals surface area contributed by atoms with Gasteiger partial charge in [0.2, 0.25) is 11.8 Å². The highest BCUT2D eigenvalue weighted by atomic mass is 32.1. The molecule has 0 aliphatic carbocycles. The molecule has 0 saturated heterocycles. The number of rotatable bonds is 8. The maximum Gasteiger partial charge on any atom is 0.255 e. The van der Waals surface area contributed by atoms with Crippen molar-refractivity contribution in [3.05, 3.63) is 71.1 Å². The lowest BCUT2D eigenvalue weighted by atomic mass is 10.0. The summed E-state index contributed by atoms with van der Waals surface area (Å²) in [6, 6.07) is 15.8. The molecular formula is C24H26N4O3S. The van der Waals surface area contributed by atoms with Gasteiger partial charge in [0.05, 0.1) is 11.4 Å². The number of nitrogens with one attached hydrogen (secondary N) is 3. The van der Waals surface area contributed by atoms with Crippen LogP contribution < -0.4 is 21.7 Å². The van der Waals surface area contributed by atoms with Crippen LogP contribution >= 0.6 is 11.3 Å². The van der Waals surface area contributed by atoms with Crippen molar-refractivity contribution < 1.29 is 14.4 Å². The van der Waals surface area contributed by atoms with Gasteiger partial charge in [-0.3, -0.25) is 14.4 Å². The number of amides is 3. The quantitative estimate of drug-likeness (QED) is 0.394. The summed E-state index contributed by atoms with van der Waals surface area (Å²) in [5, 5.41) is 10.2. The lowest BCUT2D eigenvalue weighted by Crippen LogP contribution is -2.47. The molecule has 7 nitrogen and oxygen atoms in total. The minimum atomic E-state index is -0.674. The first-order valence-corrected chi connectivity index (χ1v) is 11.1. The molecule has 8 heteroatoms. The fraction of sp³-hybridized carbons (Fsp3) is 0.208. The molecule has 0 spiro atoms. The topological polar surface area (TPSA) is 113 Å². The third-order valence-electron chi connectivity index (χ3n) is 4.81. The minimum absolute atomic E-state index is 0.245. The van der Waals surface area contributed by atoms with Gasteiger partial charge >= 0.3 is 0 Å². The smallest absolute Gasteiger partial charge is 0.255 e. The first-order valence-electron chi connectivity index (χ1n) is 10.3. The second-order valence-electron chi connectivity index (χ2n) is 7.28. The minimum Gasteiger partial charge on any atom is -0.397 e. The highest BCUT2D eigenvalue weighted by molar-refractivity contribution is 7.13. The van der Waals surface area contributed by atoms with Crippen molar-refractivity contribution in [2.24, 2.45) is 0 Å². The van der Waals surface area contributed by atoms with Crippen molar-refractivity contribution >= 4 is 40.4 Å². The molecule has 5 N–H and O–H groups in total. The Hall–Kier alpha value is -3.65. The number of carbonyl (C=O) groups is 3. The van der Waals surface area contributed by atoms with E-state index in [1.165, 1.54) is 6.92 Å². The number of nitrogen functional groups attached to an aromatic ring is 1. The molecule has 2 aromatic carbocycles. The maximum atomic E-state index is 12.8. The molecule has 0 bridgehead atoms. The standard InChI is InChI=1S/C24H26N4O3S/c1-3-26-24(31)21(27-15(2)29)13-16-6-8-17(9-7-16)23(30)28-20-14-18(10-11-19(20)25)22-5-4-12-32-22/h4-12,14,21H,3,13,25H2,1-2H3,(H,26,31)(H,27,29)(H,28,30)/t21-/m0/s1. The van der Waals surface area contributed by atoms with Gasteiger partial charge < -0.3 is 21.7 Å². The zero-order chi connectivity index (χ0) is 23.1. The van der Waals surface area contributed by atoms with E-state index in [4.69, 9.17) is 5.73 Å². The number of hydrogen-bond donors (Lipinski definition) is 4. The van der Waals surface area contributed by atoms with Crippen molar-refractivity contribution in [3.8, 4) is 10.4 Å². The lowest BCUT2D eigenvalue weighted by Gasteiger charge is -2.17. The number of benzene rings is 2. The summed E-state index contributed by atoms with van der Waals surface area (Å²) in [5.74, 6) is -0.807. The van der Waals surface area contributed by atoms with E-state index in [-0.39, 0.29) is 17.7 Å². The summed E-state index contributed by atoms with van der Waals surface area (Å²) < 4.78 is 0. The van der Waals surface area contributed by atoms with Crippen LogP contribution in [0.2, 0.25) is 0 Å². The van der Waals surface area contributed by atoms with Crippen molar-refractivity contribution in [1.82, 2.24) is 10.6 Å². The Bertz CT molecular complexity index is 1090. The molecule has 32 heavy (non-hydrogen) atoms. The lowest BCUT2D eigenvalue weighted by molar-refractivity contribution is -0.128. The molecule has 0 aliphatic rings. The number of carbonyl (C=O) groups excluding carboxylic acids is 3. The molecule has 0 saturated carbocycles. The van der Waals surface area contributed by atoms with Gasteiger partial charge in [0.25, 0.3) is 5.91 Å². The molecule has 1 aromatic heterocycles. The first kappa shape index (κ1) is 23.0. The number of hydrogen-bond acceptors (Lipinski definition) is 5. The number of anilines is 2. The van der Waals surface area contributed by atoms with E-state index in [9.17, 15) is 14.4 Å². The zero-order valence-electron chi connectivity index (χ0n) is 18.0. The predicted molar refractivity (Wildman–Crippen MR) is 129 cm³/mol. The van der Waals surface area contributed by atoms with Gasteiger partial charge in [0, 0.05) is 30.3 Å². The summed E-state index contributed by atoms with van der Waals surface area (Å²) in [6.07, 6.45) is 0.323. The van der Waals surface area contributed by atoms with Crippen LogP contribution in [0.15, 0.2) is 60.0 Å². The van der Waals surface area contributed by atoms with Crippen LogP contribution in [-0.2, 0) is 16.0 Å². The third-order valence-corrected chi connectivity index (χ3v) is 5.73. The number of likely N-dealkylation sites (N-methyl/N-ethyl adjacent to an activating group) is 1. The van der Waals surface area contributed by atoms with Gasteiger partial charge in [-0.1, -0.05) is 24.3 Å². The van der Waals surface area contributed by atoms with Gasteiger partial charge in [0.1, 0.15) is 6.04 Å². The fourth-order valence-electron chi connectivity index (χ4n) is 3.24. The fourth-order valence-corrected chi connectivity index (χ4v) is 3.96. The molecule has 0 unspecified atom stereocenters. The van der Waals surface area contributed by atoms with E-state index >= 15 is 0 Å². The van der Waals surface area contributed by atoms with Gasteiger partial charge in [-0.25, -0.2) is 0 Å². The Morgan fingerprint density at radius 1 is 1.06 bits per heavy atom. The SMILES string of the molecule is CCNC(=O)[C@H](Cc1ccc(C(=O)Nc2cc(-c3cccs3)ccc2N)cc1)NC(C)=O. The third kappa shape index (κ3) is 5.95. The highest BCUT2D eigenvalue weighted by Gasteiger charge is 2.19. The second kappa shape index (κ2) is 10.6. The monoisotopic (exact) mass is 450 g/mol. The van der Waals surface area contributed by atoms with E-state index in [0.29, 0.717) is 29.9 Å². The molecule has 166 valence electrons. The van der Waals surface area contributed by atoms with Crippen molar-refractivity contribution in [1.29, 1.82) is 0 Å². The normalized spacial score (nSPS) is 11.4. The van der Waals surface area contributed by atoms with E-state index < -0.39 is 6.04 Å². The van der Waals surface area contributed by atoms with Gasteiger partial charge in [-0.2, -0.15) is 0 Å². The first-order chi connectivity index (χ1) is 15.4. The van der Waals surface area contributed by atoms with Crippen molar-refractivity contribution in [3.63, 3.8) is 0 Å². The summed E-state index contributed by atoms with van der Waals surface area (Å²) in [4.78, 5) is 37.5. The van der Waals surface area contributed by atoms with Crippen LogP contribution in [0.3, 0.4) is 0 Å². The number of nitrogens with two attached hydrogens (primary N) is 1.